The van der Waals surface area contributed by atoms with E-state index in [1.54, 1.807) is 13.1 Å². The number of anilines is 1. The van der Waals surface area contributed by atoms with E-state index in [-0.39, 0.29) is 5.91 Å². The smallest absolute Gasteiger partial charge is 0.219 e. The molecule has 1 aromatic heterocycles. The highest BCUT2D eigenvalue weighted by molar-refractivity contribution is 6.31. The van der Waals surface area contributed by atoms with Gasteiger partial charge in [0.1, 0.15) is 5.82 Å². The van der Waals surface area contributed by atoms with Gasteiger partial charge in [0, 0.05) is 38.1 Å². The van der Waals surface area contributed by atoms with Gasteiger partial charge in [-0.1, -0.05) is 11.6 Å². The molecule has 0 saturated carbocycles. The Morgan fingerprint density at radius 3 is 2.73 bits per heavy atom. The van der Waals surface area contributed by atoms with Gasteiger partial charge in [-0.3, -0.25) is 9.78 Å². The number of aromatic nitrogens is 2. The van der Waals surface area contributed by atoms with Gasteiger partial charge < -0.3 is 9.80 Å². The van der Waals surface area contributed by atoms with E-state index in [1.165, 1.54) is 0 Å². The highest BCUT2D eigenvalue weighted by Gasteiger charge is 2.24. The van der Waals surface area contributed by atoms with Crippen molar-refractivity contribution >= 4 is 34.4 Å². The minimum atomic E-state index is 0.126. The number of amides is 1. The van der Waals surface area contributed by atoms with E-state index in [0.29, 0.717) is 11.1 Å². The molecule has 6 heteroatoms. The third-order valence-electron chi connectivity index (χ3n) is 4.32. The Hall–Kier alpha value is -1.88. The van der Waals surface area contributed by atoms with E-state index in [1.807, 2.05) is 30.1 Å². The maximum atomic E-state index is 11.4. The summed E-state index contributed by atoms with van der Waals surface area (Å²) in [5.41, 5.74) is 1.66. The van der Waals surface area contributed by atoms with Gasteiger partial charge in [-0.15, -0.1) is 0 Å². The van der Waals surface area contributed by atoms with Crippen molar-refractivity contribution in [3.63, 3.8) is 0 Å². The number of carbonyl (C=O) groups excluding carboxylic acids is 1. The topological polar surface area (TPSA) is 49.3 Å². The molecule has 2 heterocycles. The first-order valence-electron chi connectivity index (χ1n) is 7.45. The fraction of sp³-hybridized carbons (Fsp3) is 0.438. The Balaban J connectivity index is 1.73. The number of nitrogens with zero attached hydrogens (tertiary/aromatic N) is 4. The second-order valence-electron chi connectivity index (χ2n) is 5.71. The Labute approximate surface area is 134 Å². The number of benzene rings is 1. The molecule has 0 atom stereocenters. The van der Waals surface area contributed by atoms with Gasteiger partial charge in [0.15, 0.2) is 0 Å². The Morgan fingerprint density at radius 1 is 1.32 bits per heavy atom. The summed E-state index contributed by atoms with van der Waals surface area (Å²) >= 11 is 5.97. The van der Waals surface area contributed by atoms with E-state index in [4.69, 9.17) is 11.6 Å². The molecule has 0 bridgehead atoms. The average molecular weight is 319 g/mol. The van der Waals surface area contributed by atoms with Crippen LogP contribution in [0, 0.1) is 0 Å². The first kappa shape index (κ1) is 15.0. The molecule has 0 aliphatic carbocycles. The SMILES string of the molecule is CC(=O)N(C)C1CCN(c2cnc3cc(Cl)ccc3n2)CC1. The zero-order chi connectivity index (χ0) is 15.7. The van der Waals surface area contributed by atoms with Gasteiger partial charge in [-0.05, 0) is 31.0 Å². The van der Waals surface area contributed by atoms with Crippen LogP contribution >= 0.6 is 11.6 Å². The van der Waals surface area contributed by atoms with E-state index >= 15 is 0 Å². The lowest BCUT2D eigenvalue weighted by atomic mass is 10.0. The number of halogens is 1. The molecular weight excluding hydrogens is 300 g/mol. The summed E-state index contributed by atoms with van der Waals surface area (Å²) in [7, 11) is 1.88. The number of hydrogen-bond acceptors (Lipinski definition) is 4. The quantitative estimate of drug-likeness (QED) is 0.854. The summed E-state index contributed by atoms with van der Waals surface area (Å²) in [6, 6.07) is 5.86. The summed E-state index contributed by atoms with van der Waals surface area (Å²) in [6.07, 6.45) is 3.71. The predicted octanol–water partition coefficient (Wildman–Crippen LogP) is 2.73. The standard InChI is InChI=1S/C16H19ClN4O/c1-11(22)20(2)13-5-7-21(8-6-13)16-10-18-15-9-12(17)3-4-14(15)19-16/h3-4,9-10,13H,5-8H2,1-2H3. The fourth-order valence-electron chi connectivity index (χ4n) is 2.87. The van der Waals surface area contributed by atoms with E-state index in [9.17, 15) is 4.79 Å². The highest BCUT2D eigenvalue weighted by Crippen LogP contribution is 2.23. The highest BCUT2D eigenvalue weighted by atomic mass is 35.5. The normalized spacial score (nSPS) is 16.0. The lowest BCUT2D eigenvalue weighted by molar-refractivity contribution is -0.129. The third-order valence-corrected chi connectivity index (χ3v) is 4.56. The summed E-state index contributed by atoms with van der Waals surface area (Å²) in [6.45, 7) is 3.39. The van der Waals surface area contributed by atoms with Crippen molar-refractivity contribution in [3.8, 4) is 0 Å². The van der Waals surface area contributed by atoms with Crippen LogP contribution in [0.4, 0.5) is 5.82 Å². The lowest BCUT2D eigenvalue weighted by Gasteiger charge is -2.36. The van der Waals surface area contributed by atoms with Crippen LogP contribution in [0.2, 0.25) is 5.02 Å². The molecule has 116 valence electrons. The molecule has 2 aromatic rings. The minimum Gasteiger partial charge on any atom is -0.355 e. The number of rotatable bonds is 2. The maximum absolute atomic E-state index is 11.4. The number of hydrogen-bond donors (Lipinski definition) is 0. The molecule has 1 saturated heterocycles. The van der Waals surface area contributed by atoms with Gasteiger partial charge in [0.25, 0.3) is 0 Å². The van der Waals surface area contributed by atoms with Crippen LogP contribution in [-0.4, -0.2) is 47.0 Å². The van der Waals surface area contributed by atoms with Crippen LogP contribution in [0.5, 0.6) is 0 Å². The second-order valence-corrected chi connectivity index (χ2v) is 6.15. The molecule has 5 nitrogen and oxygen atoms in total. The second kappa shape index (κ2) is 6.08. The molecule has 1 aliphatic heterocycles. The average Bonchev–Trinajstić information content (AvgIpc) is 2.53. The predicted molar refractivity (Wildman–Crippen MR) is 88.2 cm³/mol. The van der Waals surface area contributed by atoms with Gasteiger partial charge in [0.05, 0.1) is 17.2 Å². The number of carbonyl (C=O) groups is 1. The summed E-state index contributed by atoms with van der Waals surface area (Å²) < 4.78 is 0. The Bertz CT molecular complexity index is 698. The van der Waals surface area contributed by atoms with Crippen molar-refractivity contribution in [2.24, 2.45) is 0 Å². The van der Waals surface area contributed by atoms with Crippen molar-refractivity contribution in [2.75, 3.05) is 25.0 Å². The molecule has 0 unspecified atom stereocenters. The Morgan fingerprint density at radius 2 is 2.05 bits per heavy atom. The molecule has 1 fully saturated rings. The van der Waals surface area contributed by atoms with Gasteiger partial charge in [-0.25, -0.2) is 4.98 Å². The largest absolute Gasteiger partial charge is 0.355 e. The third kappa shape index (κ3) is 2.99. The maximum Gasteiger partial charge on any atom is 0.219 e. The number of fused-ring (bicyclic) bond motifs is 1. The van der Waals surface area contributed by atoms with Crippen molar-refractivity contribution < 1.29 is 4.79 Å². The zero-order valence-electron chi connectivity index (χ0n) is 12.8. The van der Waals surface area contributed by atoms with Crippen LogP contribution in [0.3, 0.4) is 0 Å². The van der Waals surface area contributed by atoms with Gasteiger partial charge in [0.2, 0.25) is 5.91 Å². The lowest BCUT2D eigenvalue weighted by Crippen LogP contribution is -2.45. The first-order valence-corrected chi connectivity index (χ1v) is 7.83. The zero-order valence-corrected chi connectivity index (χ0v) is 13.5. The van der Waals surface area contributed by atoms with Crippen LogP contribution in [0.25, 0.3) is 11.0 Å². The van der Waals surface area contributed by atoms with Crippen LogP contribution < -0.4 is 4.90 Å². The molecule has 1 aliphatic rings. The van der Waals surface area contributed by atoms with Crippen molar-refractivity contribution in [1.29, 1.82) is 0 Å². The van der Waals surface area contributed by atoms with Crippen LogP contribution in [-0.2, 0) is 4.79 Å². The summed E-state index contributed by atoms with van der Waals surface area (Å²) in [5, 5.41) is 0.669. The van der Waals surface area contributed by atoms with Gasteiger partial charge in [-0.2, -0.15) is 0 Å². The minimum absolute atomic E-state index is 0.126. The van der Waals surface area contributed by atoms with E-state index in [0.717, 1.165) is 42.8 Å². The first-order chi connectivity index (χ1) is 10.5. The van der Waals surface area contributed by atoms with Crippen molar-refractivity contribution in [3.05, 3.63) is 29.4 Å². The summed E-state index contributed by atoms with van der Waals surface area (Å²) in [4.78, 5) is 24.6. The van der Waals surface area contributed by atoms with E-state index < -0.39 is 0 Å². The van der Waals surface area contributed by atoms with Gasteiger partial charge >= 0.3 is 0 Å². The summed E-state index contributed by atoms with van der Waals surface area (Å²) in [5.74, 6) is 1.01. The van der Waals surface area contributed by atoms with Crippen molar-refractivity contribution in [2.45, 2.75) is 25.8 Å². The monoisotopic (exact) mass is 318 g/mol. The molecule has 1 amide bonds. The van der Waals surface area contributed by atoms with E-state index in [2.05, 4.69) is 14.9 Å². The van der Waals surface area contributed by atoms with Crippen molar-refractivity contribution in [1.82, 2.24) is 14.9 Å². The van der Waals surface area contributed by atoms with Crippen LogP contribution in [0.15, 0.2) is 24.4 Å². The Kier molecular flexibility index (Phi) is 4.16. The number of piperidine rings is 1. The van der Waals surface area contributed by atoms with Crippen LogP contribution in [0.1, 0.15) is 19.8 Å². The molecule has 1 aromatic carbocycles. The molecule has 3 rings (SSSR count). The molecular formula is C16H19ClN4O. The molecule has 22 heavy (non-hydrogen) atoms. The molecule has 0 radical (unpaired) electrons. The molecule has 0 spiro atoms. The molecule has 0 N–H and O–H groups in total. The fourth-order valence-corrected chi connectivity index (χ4v) is 3.03.